The van der Waals surface area contributed by atoms with E-state index < -0.39 is 0 Å². The monoisotopic (exact) mass is 209 g/mol. The number of rotatable bonds is 2. The van der Waals surface area contributed by atoms with E-state index in [1.165, 1.54) is 23.7 Å². The molecule has 0 saturated heterocycles. The molecule has 1 N–H and O–H groups in total. The van der Waals surface area contributed by atoms with Gasteiger partial charge in [-0.25, -0.2) is 0 Å². The Morgan fingerprint density at radius 3 is 3.14 bits per heavy atom. The Morgan fingerprint density at radius 2 is 2.36 bits per heavy atom. The first kappa shape index (κ1) is 7.99. The molecule has 2 heterocycles. The second-order valence-corrected chi connectivity index (χ2v) is 3.74. The summed E-state index contributed by atoms with van der Waals surface area (Å²) >= 11 is 5.99. The number of hydrogen-bond acceptors (Lipinski definition) is 4. The molecule has 0 spiro atoms. The Kier molecular flexibility index (Phi) is 1.61. The van der Waals surface area contributed by atoms with Crippen molar-refractivity contribution in [3.63, 3.8) is 0 Å². The Hall–Kier alpha value is -1.36. The lowest BCUT2D eigenvalue weighted by atomic mass is 10.5. The SMILES string of the molecule is Clc1cc(NC2CC2)nc2ncnn12. The third kappa shape index (κ3) is 1.29. The van der Waals surface area contributed by atoms with Gasteiger partial charge in [-0.05, 0) is 12.8 Å². The summed E-state index contributed by atoms with van der Waals surface area (Å²) in [4.78, 5) is 8.25. The molecular formula is C8H8ClN5. The molecule has 72 valence electrons. The molecule has 0 aromatic carbocycles. The van der Waals surface area contributed by atoms with Gasteiger partial charge in [-0.3, -0.25) is 0 Å². The summed E-state index contributed by atoms with van der Waals surface area (Å²) < 4.78 is 1.50. The largest absolute Gasteiger partial charge is 0.367 e. The van der Waals surface area contributed by atoms with Crippen molar-refractivity contribution in [2.75, 3.05) is 5.32 Å². The van der Waals surface area contributed by atoms with Gasteiger partial charge in [-0.2, -0.15) is 19.6 Å². The molecule has 2 aromatic rings. The van der Waals surface area contributed by atoms with Crippen LogP contribution in [0.4, 0.5) is 5.82 Å². The van der Waals surface area contributed by atoms with Gasteiger partial charge in [0.2, 0.25) is 0 Å². The Labute approximate surface area is 85.1 Å². The lowest BCUT2D eigenvalue weighted by Gasteiger charge is -2.03. The van der Waals surface area contributed by atoms with Gasteiger partial charge in [-0.15, -0.1) is 0 Å². The smallest absolute Gasteiger partial charge is 0.255 e. The van der Waals surface area contributed by atoms with E-state index >= 15 is 0 Å². The highest BCUT2D eigenvalue weighted by atomic mass is 35.5. The van der Waals surface area contributed by atoms with E-state index in [9.17, 15) is 0 Å². The molecule has 0 atom stereocenters. The van der Waals surface area contributed by atoms with Gasteiger partial charge >= 0.3 is 0 Å². The Bertz CT molecular complexity index is 476. The van der Waals surface area contributed by atoms with Crippen molar-refractivity contribution >= 4 is 23.2 Å². The third-order valence-corrected chi connectivity index (χ3v) is 2.41. The topological polar surface area (TPSA) is 55.1 Å². The lowest BCUT2D eigenvalue weighted by Crippen LogP contribution is -2.05. The Balaban J connectivity index is 2.06. The summed E-state index contributed by atoms with van der Waals surface area (Å²) in [5, 5.41) is 7.72. The van der Waals surface area contributed by atoms with Gasteiger partial charge in [0.25, 0.3) is 5.78 Å². The van der Waals surface area contributed by atoms with E-state index in [1.807, 2.05) is 0 Å². The molecule has 6 heteroatoms. The fourth-order valence-corrected chi connectivity index (χ4v) is 1.51. The number of nitrogens with zero attached hydrogens (tertiary/aromatic N) is 4. The van der Waals surface area contributed by atoms with Crippen LogP contribution in [0.3, 0.4) is 0 Å². The quantitative estimate of drug-likeness (QED) is 0.759. The number of fused-ring (bicyclic) bond motifs is 1. The second kappa shape index (κ2) is 2.81. The summed E-state index contributed by atoms with van der Waals surface area (Å²) in [6.45, 7) is 0. The van der Waals surface area contributed by atoms with Crippen LogP contribution in [-0.2, 0) is 0 Å². The van der Waals surface area contributed by atoms with E-state index in [4.69, 9.17) is 11.6 Å². The van der Waals surface area contributed by atoms with Crippen molar-refractivity contribution in [1.29, 1.82) is 0 Å². The van der Waals surface area contributed by atoms with Gasteiger partial charge in [0.1, 0.15) is 17.3 Å². The van der Waals surface area contributed by atoms with Crippen LogP contribution >= 0.6 is 11.6 Å². The van der Waals surface area contributed by atoms with Crippen LogP contribution in [0.2, 0.25) is 5.15 Å². The standard InChI is InChI=1S/C8H8ClN5/c9-6-3-7(12-5-1-2-5)13-8-10-4-11-14(6)8/h3-5H,1-2H2,(H,10,11,12,13). The maximum atomic E-state index is 5.99. The van der Waals surface area contributed by atoms with Crippen molar-refractivity contribution in [3.05, 3.63) is 17.5 Å². The molecule has 1 aliphatic rings. The molecule has 1 aliphatic carbocycles. The molecule has 2 aromatic heterocycles. The first-order chi connectivity index (χ1) is 6.83. The van der Waals surface area contributed by atoms with Gasteiger partial charge in [0.05, 0.1) is 0 Å². The van der Waals surface area contributed by atoms with Crippen LogP contribution in [-0.4, -0.2) is 25.6 Å². The molecule has 1 fully saturated rings. The van der Waals surface area contributed by atoms with Crippen LogP contribution < -0.4 is 5.32 Å². The zero-order chi connectivity index (χ0) is 9.54. The summed E-state index contributed by atoms with van der Waals surface area (Å²) in [5.74, 6) is 1.30. The fourth-order valence-electron chi connectivity index (χ4n) is 1.29. The van der Waals surface area contributed by atoms with Gasteiger partial charge < -0.3 is 5.32 Å². The highest BCUT2D eigenvalue weighted by Crippen LogP contribution is 2.24. The summed E-state index contributed by atoms with van der Waals surface area (Å²) in [5.41, 5.74) is 0. The van der Waals surface area contributed by atoms with E-state index in [0.717, 1.165) is 5.82 Å². The van der Waals surface area contributed by atoms with Gasteiger partial charge in [-0.1, -0.05) is 11.6 Å². The fraction of sp³-hybridized carbons (Fsp3) is 0.375. The predicted octanol–water partition coefficient (Wildman–Crippen LogP) is 1.35. The first-order valence-electron chi connectivity index (χ1n) is 4.46. The molecular weight excluding hydrogens is 202 g/mol. The maximum absolute atomic E-state index is 5.99. The first-order valence-corrected chi connectivity index (χ1v) is 4.83. The van der Waals surface area contributed by atoms with Crippen molar-refractivity contribution in [1.82, 2.24) is 19.6 Å². The highest BCUT2D eigenvalue weighted by Gasteiger charge is 2.21. The predicted molar refractivity (Wildman–Crippen MR) is 52.4 cm³/mol. The molecule has 1 saturated carbocycles. The zero-order valence-electron chi connectivity index (χ0n) is 7.31. The zero-order valence-corrected chi connectivity index (χ0v) is 8.07. The number of hydrogen-bond donors (Lipinski definition) is 1. The third-order valence-electron chi connectivity index (χ3n) is 2.14. The van der Waals surface area contributed by atoms with Crippen LogP contribution in [0.15, 0.2) is 12.4 Å². The number of nitrogens with one attached hydrogen (secondary N) is 1. The average Bonchev–Trinajstić information content (AvgIpc) is 2.82. The molecule has 14 heavy (non-hydrogen) atoms. The molecule has 5 nitrogen and oxygen atoms in total. The lowest BCUT2D eigenvalue weighted by molar-refractivity contribution is 0.936. The van der Waals surface area contributed by atoms with Gasteiger partial charge in [0, 0.05) is 12.1 Å². The van der Waals surface area contributed by atoms with E-state index in [-0.39, 0.29) is 0 Å². The maximum Gasteiger partial charge on any atom is 0.255 e. The van der Waals surface area contributed by atoms with E-state index in [2.05, 4.69) is 20.4 Å². The second-order valence-electron chi connectivity index (χ2n) is 3.35. The van der Waals surface area contributed by atoms with Crippen molar-refractivity contribution in [2.45, 2.75) is 18.9 Å². The van der Waals surface area contributed by atoms with Crippen LogP contribution in [0, 0.1) is 0 Å². The van der Waals surface area contributed by atoms with Crippen molar-refractivity contribution in [3.8, 4) is 0 Å². The molecule has 3 rings (SSSR count). The Morgan fingerprint density at radius 1 is 1.50 bits per heavy atom. The molecule has 0 amide bonds. The summed E-state index contributed by atoms with van der Waals surface area (Å²) in [7, 11) is 0. The number of anilines is 1. The molecule has 0 bridgehead atoms. The summed E-state index contributed by atoms with van der Waals surface area (Å²) in [6.07, 6.45) is 3.85. The van der Waals surface area contributed by atoms with Gasteiger partial charge in [0.15, 0.2) is 0 Å². The molecule has 0 unspecified atom stereocenters. The summed E-state index contributed by atoms with van der Waals surface area (Å²) in [6, 6.07) is 2.32. The number of halogens is 1. The minimum atomic E-state index is 0.524. The number of aromatic nitrogens is 4. The van der Waals surface area contributed by atoms with Crippen molar-refractivity contribution < 1.29 is 0 Å². The molecule has 0 radical (unpaired) electrons. The molecule has 0 aliphatic heterocycles. The van der Waals surface area contributed by atoms with Crippen LogP contribution in [0.5, 0.6) is 0 Å². The van der Waals surface area contributed by atoms with E-state index in [0.29, 0.717) is 17.0 Å². The minimum Gasteiger partial charge on any atom is -0.367 e. The minimum absolute atomic E-state index is 0.524. The van der Waals surface area contributed by atoms with Crippen LogP contribution in [0.1, 0.15) is 12.8 Å². The van der Waals surface area contributed by atoms with Crippen LogP contribution in [0.25, 0.3) is 5.78 Å². The highest BCUT2D eigenvalue weighted by molar-refractivity contribution is 6.29. The van der Waals surface area contributed by atoms with Crippen molar-refractivity contribution in [2.24, 2.45) is 0 Å². The van der Waals surface area contributed by atoms with E-state index in [1.54, 1.807) is 6.07 Å². The average molecular weight is 210 g/mol. The normalized spacial score (nSPS) is 16.1.